The van der Waals surface area contributed by atoms with Crippen molar-refractivity contribution in [2.45, 2.75) is 0 Å². The highest BCUT2D eigenvalue weighted by molar-refractivity contribution is 9.10. The van der Waals surface area contributed by atoms with Crippen molar-refractivity contribution >= 4 is 33.2 Å². The van der Waals surface area contributed by atoms with Gasteiger partial charge in [-0.25, -0.2) is 0 Å². The van der Waals surface area contributed by atoms with Gasteiger partial charge in [0.1, 0.15) is 12.8 Å². The van der Waals surface area contributed by atoms with Gasteiger partial charge in [-0.1, -0.05) is 33.2 Å². The molecule has 4 heteroatoms. The van der Waals surface area contributed by atoms with Gasteiger partial charge < -0.3 is 4.84 Å². The van der Waals surface area contributed by atoms with E-state index in [-0.39, 0.29) is 0 Å². The second kappa shape index (κ2) is 5.25. The lowest BCUT2D eigenvalue weighted by Crippen LogP contribution is -2.02. The largest absolute Gasteiger partial charge is 0.399 e. The lowest BCUT2D eigenvalue weighted by Gasteiger charge is -2.01. The van der Waals surface area contributed by atoms with Gasteiger partial charge in [0, 0.05) is 10.0 Å². The lowest BCUT2D eigenvalue weighted by molar-refractivity contribution is 0.213. The summed E-state index contributed by atoms with van der Waals surface area (Å²) in [6.45, 7) is 0. The maximum Gasteiger partial charge on any atom is 0.106 e. The van der Waals surface area contributed by atoms with Crippen LogP contribution in [0.4, 0.5) is 0 Å². The molecule has 2 nitrogen and oxygen atoms in total. The molecule has 0 N–H and O–H groups in total. The number of oxime groups is 1. The molecule has 0 aliphatic heterocycles. The van der Waals surface area contributed by atoms with Crippen molar-refractivity contribution in [1.82, 2.24) is 0 Å². The first kappa shape index (κ1) is 10.5. The van der Waals surface area contributed by atoms with Crippen LogP contribution in [0.1, 0.15) is 5.56 Å². The van der Waals surface area contributed by atoms with Crippen molar-refractivity contribution in [2.75, 3.05) is 13.0 Å². The number of halogens is 2. The maximum atomic E-state index is 5.70. The van der Waals surface area contributed by atoms with Gasteiger partial charge in [0.2, 0.25) is 0 Å². The molecule has 0 aliphatic rings. The molecule has 0 heterocycles. The molecule has 0 aliphatic carbocycles. The van der Waals surface area contributed by atoms with E-state index in [4.69, 9.17) is 11.6 Å². The van der Waals surface area contributed by atoms with Crippen LogP contribution in [0.5, 0.6) is 0 Å². The van der Waals surface area contributed by atoms with Crippen molar-refractivity contribution in [3.63, 3.8) is 0 Å². The van der Waals surface area contributed by atoms with Crippen molar-refractivity contribution in [2.24, 2.45) is 5.16 Å². The predicted molar refractivity (Wildman–Crippen MR) is 58.4 cm³/mol. The Labute approximate surface area is 90.7 Å². The number of nitrogens with zero attached hydrogens (tertiary/aromatic N) is 1. The molecule has 1 aromatic rings. The zero-order chi connectivity index (χ0) is 9.68. The average Bonchev–Trinajstić information content (AvgIpc) is 2.16. The van der Waals surface area contributed by atoms with Crippen LogP contribution >= 0.6 is 27.5 Å². The summed E-state index contributed by atoms with van der Waals surface area (Å²) >= 11 is 9.05. The van der Waals surface area contributed by atoms with Crippen molar-refractivity contribution < 1.29 is 4.84 Å². The smallest absolute Gasteiger partial charge is 0.106 e. The Morgan fingerprint density at radius 2 is 2.08 bits per heavy atom. The van der Waals surface area contributed by atoms with Crippen molar-refractivity contribution in [3.8, 4) is 0 Å². The molecule has 0 saturated carbocycles. The molecule has 70 valence electrons. The third kappa shape index (κ3) is 3.01. The molecule has 0 aromatic heterocycles. The SMILES string of the molecule is CO/N=C(\CCl)c1ccc(Br)cc1. The van der Waals surface area contributed by atoms with E-state index in [1.807, 2.05) is 24.3 Å². The van der Waals surface area contributed by atoms with Crippen LogP contribution in [0.2, 0.25) is 0 Å². The standard InChI is InChI=1S/C9H9BrClNO/c1-13-12-9(6-11)7-2-4-8(10)5-3-7/h2-5H,6H2,1H3/b12-9+. The summed E-state index contributed by atoms with van der Waals surface area (Å²) in [5.74, 6) is 0.343. The topological polar surface area (TPSA) is 21.6 Å². The minimum absolute atomic E-state index is 0.343. The summed E-state index contributed by atoms with van der Waals surface area (Å²) in [5.41, 5.74) is 1.71. The summed E-state index contributed by atoms with van der Waals surface area (Å²) in [5, 5.41) is 3.81. The quantitative estimate of drug-likeness (QED) is 0.466. The molecule has 0 saturated heterocycles. The third-order valence-electron chi connectivity index (χ3n) is 1.51. The highest BCUT2D eigenvalue weighted by atomic mass is 79.9. The summed E-state index contributed by atoms with van der Waals surface area (Å²) in [6.07, 6.45) is 0. The molecule has 0 amide bonds. The molecule has 0 spiro atoms. The molecule has 0 unspecified atom stereocenters. The first-order chi connectivity index (χ1) is 6.27. The summed E-state index contributed by atoms with van der Waals surface area (Å²) < 4.78 is 1.03. The second-order valence-corrected chi connectivity index (χ2v) is 3.54. The molecule has 1 aromatic carbocycles. The number of alkyl halides is 1. The molecule has 0 radical (unpaired) electrons. The van der Waals surface area contributed by atoms with Gasteiger partial charge in [-0.05, 0) is 12.1 Å². The van der Waals surface area contributed by atoms with Gasteiger partial charge in [0.15, 0.2) is 0 Å². The van der Waals surface area contributed by atoms with Gasteiger partial charge in [0.25, 0.3) is 0 Å². The zero-order valence-electron chi connectivity index (χ0n) is 7.13. The number of rotatable bonds is 3. The van der Waals surface area contributed by atoms with Crippen LogP contribution in [0.3, 0.4) is 0 Å². The van der Waals surface area contributed by atoms with Crippen molar-refractivity contribution in [1.29, 1.82) is 0 Å². The molecule has 13 heavy (non-hydrogen) atoms. The van der Waals surface area contributed by atoms with Crippen LogP contribution in [0.25, 0.3) is 0 Å². The van der Waals surface area contributed by atoms with Gasteiger partial charge >= 0.3 is 0 Å². The highest BCUT2D eigenvalue weighted by Gasteiger charge is 2.01. The molecule has 0 fully saturated rings. The Kier molecular flexibility index (Phi) is 4.25. The lowest BCUT2D eigenvalue weighted by atomic mass is 10.1. The monoisotopic (exact) mass is 261 g/mol. The Balaban J connectivity index is 2.92. The minimum atomic E-state index is 0.343. The fraction of sp³-hybridized carbons (Fsp3) is 0.222. The fourth-order valence-electron chi connectivity index (χ4n) is 0.907. The minimum Gasteiger partial charge on any atom is -0.399 e. The highest BCUT2D eigenvalue weighted by Crippen LogP contribution is 2.11. The molecule has 0 atom stereocenters. The second-order valence-electron chi connectivity index (χ2n) is 2.36. The zero-order valence-corrected chi connectivity index (χ0v) is 9.47. The van der Waals surface area contributed by atoms with Crippen LogP contribution in [-0.2, 0) is 4.84 Å². The molecular formula is C9H9BrClNO. The Morgan fingerprint density at radius 3 is 2.54 bits per heavy atom. The number of benzene rings is 1. The maximum absolute atomic E-state index is 5.70. The van der Waals surface area contributed by atoms with E-state index in [0.717, 1.165) is 15.7 Å². The van der Waals surface area contributed by atoms with Gasteiger partial charge in [-0.3, -0.25) is 0 Å². The molecule has 1 rings (SSSR count). The summed E-state index contributed by atoms with van der Waals surface area (Å²) in [7, 11) is 1.51. The van der Waals surface area contributed by atoms with E-state index in [1.54, 1.807) is 0 Å². The number of hydrogen-bond acceptors (Lipinski definition) is 2. The third-order valence-corrected chi connectivity index (χ3v) is 2.29. The van der Waals surface area contributed by atoms with E-state index in [0.29, 0.717) is 5.88 Å². The molecule has 0 bridgehead atoms. The van der Waals surface area contributed by atoms with E-state index in [1.165, 1.54) is 7.11 Å². The first-order valence-electron chi connectivity index (χ1n) is 3.70. The van der Waals surface area contributed by atoms with E-state index >= 15 is 0 Å². The Morgan fingerprint density at radius 1 is 1.46 bits per heavy atom. The van der Waals surface area contributed by atoms with Gasteiger partial charge in [-0.15, -0.1) is 11.6 Å². The predicted octanol–water partition coefficient (Wildman–Crippen LogP) is 3.04. The van der Waals surface area contributed by atoms with E-state index in [9.17, 15) is 0 Å². The number of hydrogen-bond donors (Lipinski definition) is 0. The van der Waals surface area contributed by atoms with Gasteiger partial charge in [0.05, 0.1) is 5.88 Å². The van der Waals surface area contributed by atoms with Crippen LogP contribution < -0.4 is 0 Å². The average molecular weight is 263 g/mol. The van der Waals surface area contributed by atoms with E-state index in [2.05, 4.69) is 25.9 Å². The van der Waals surface area contributed by atoms with Gasteiger partial charge in [-0.2, -0.15) is 0 Å². The van der Waals surface area contributed by atoms with Crippen LogP contribution in [0, 0.1) is 0 Å². The Bertz CT molecular complexity index is 297. The molecular weight excluding hydrogens is 253 g/mol. The van der Waals surface area contributed by atoms with E-state index < -0.39 is 0 Å². The van der Waals surface area contributed by atoms with Crippen LogP contribution in [0.15, 0.2) is 33.9 Å². The first-order valence-corrected chi connectivity index (χ1v) is 5.02. The normalized spacial score (nSPS) is 11.5. The fourth-order valence-corrected chi connectivity index (χ4v) is 1.37. The summed E-state index contributed by atoms with van der Waals surface area (Å²) in [4.78, 5) is 4.67. The van der Waals surface area contributed by atoms with Crippen LogP contribution in [-0.4, -0.2) is 18.7 Å². The van der Waals surface area contributed by atoms with Crippen molar-refractivity contribution in [3.05, 3.63) is 34.3 Å². The summed E-state index contributed by atoms with van der Waals surface area (Å²) in [6, 6.07) is 7.74. The Hall–Kier alpha value is -0.540.